The molecular weight excluding hydrogens is 344 g/mol. The molecule has 2 aromatic carbocycles. The number of nitrogens with one attached hydrogen (secondary N) is 2. The van der Waals surface area contributed by atoms with Crippen LogP contribution in [-0.4, -0.2) is 28.8 Å². The third-order valence-electron chi connectivity index (χ3n) is 4.78. The Morgan fingerprint density at radius 2 is 1.96 bits per heavy atom. The van der Waals surface area contributed by atoms with Crippen LogP contribution in [0.1, 0.15) is 44.2 Å². The molecule has 0 saturated carbocycles. The van der Waals surface area contributed by atoms with Gasteiger partial charge in [-0.3, -0.25) is 14.4 Å². The maximum absolute atomic E-state index is 12.7. The molecule has 4 N–H and O–H groups in total. The predicted molar refractivity (Wildman–Crippen MR) is 102 cm³/mol. The third kappa shape index (κ3) is 2.83. The van der Waals surface area contributed by atoms with Gasteiger partial charge in [0.05, 0.1) is 11.3 Å². The molecular formula is C20H18N4O3. The van der Waals surface area contributed by atoms with Gasteiger partial charge in [-0.05, 0) is 37.3 Å². The molecule has 27 heavy (non-hydrogen) atoms. The molecule has 0 spiro atoms. The quantitative estimate of drug-likeness (QED) is 0.665. The van der Waals surface area contributed by atoms with Crippen molar-refractivity contribution < 1.29 is 14.4 Å². The highest BCUT2D eigenvalue weighted by atomic mass is 16.2. The highest BCUT2D eigenvalue weighted by Gasteiger charge is 2.24. The summed E-state index contributed by atoms with van der Waals surface area (Å²) in [7, 11) is 0. The lowest BCUT2D eigenvalue weighted by Gasteiger charge is -2.24. The van der Waals surface area contributed by atoms with Crippen LogP contribution in [0, 0.1) is 0 Å². The average Bonchev–Trinajstić information content (AvgIpc) is 3.05. The number of hydrogen-bond donors (Lipinski definition) is 3. The number of carbonyl (C=O) groups excluding carboxylic acids is 3. The van der Waals surface area contributed by atoms with Gasteiger partial charge in [0, 0.05) is 29.1 Å². The van der Waals surface area contributed by atoms with Crippen LogP contribution in [0.5, 0.6) is 0 Å². The Morgan fingerprint density at radius 1 is 1.19 bits per heavy atom. The molecule has 0 saturated heterocycles. The van der Waals surface area contributed by atoms with Gasteiger partial charge in [-0.25, -0.2) is 0 Å². The van der Waals surface area contributed by atoms with E-state index in [-0.39, 0.29) is 23.4 Å². The van der Waals surface area contributed by atoms with E-state index < -0.39 is 5.91 Å². The zero-order valence-electron chi connectivity index (χ0n) is 14.7. The van der Waals surface area contributed by atoms with Crippen LogP contribution in [0.2, 0.25) is 0 Å². The van der Waals surface area contributed by atoms with Crippen molar-refractivity contribution in [2.75, 3.05) is 11.9 Å². The molecule has 0 fully saturated rings. The molecule has 2 heterocycles. The molecule has 1 aromatic heterocycles. The standard InChI is InChI=1S/C20H18N4O3/c1-11-10-22-20(27)17-8-12-6-7-13(9-16(12)24(11)17)19(26)23-15-5-3-2-4-14(15)18(21)25/h2-9,11H,10H2,1H3,(H2,21,25)(H,22,27)(H,23,26). The Morgan fingerprint density at radius 3 is 2.74 bits per heavy atom. The van der Waals surface area contributed by atoms with E-state index in [0.29, 0.717) is 23.5 Å². The molecule has 0 bridgehead atoms. The Bertz CT molecular complexity index is 1100. The second-order valence-corrected chi connectivity index (χ2v) is 6.60. The molecule has 1 unspecified atom stereocenters. The summed E-state index contributed by atoms with van der Waals surface area (Å²) in [5.74, 6) is -1.08. The van der Waals surface area contributed by atoms with Crippen LogP contribution >= 0.6 is 0 Å². The zero-order chi connectivity index (χ0) is 19.1. The number of para-hydroxylation sites is 1. The highest BCUT2D eigenvalue weighted by molar-refractivity contribution is 6.10. The van der Waals surface area contributed by atoms with E-state index in [0.717, 1.165) is 10.9 Å². The van der Waals surface area contributed by atoms with Gasteiger partial charge in [0.2, 0.25) is 0 Å². The summed E-state index contributed by atoms with van der Waals surface area (Å²) in [6.07, 6.45) is 0. The monoisotopic (exact) mass is 362 g/mol. The van der Waals surface area contributed by atoms with Crippen molar-refractivity contribution in [1.82, 2.24) is 9.88 Å². The number of nitrogens with zero attached hydrogens (tertiary/aromatic N) is 1. The number of amides is 3. The van der Waals surface area contributed by atoms with E-state index in [1.54, 1.807) is 36.4 Å². The van der Waals surface area contributed by atoms with E-state index >= 15 is 0 Å². The molecule has 3 amide bonds. The van der Waals surface area contributed by atoms with Crippen molar-refractivity contribution in [3.63, 3.8) is 0 Å². The molecule has 3 aromatic rings. The number of hydrogen-bond acceptors (Lipinski definition) is 3. The van der Waals surface area contributed by atoms with Crippen molar-refractivity contribution in [3.05, 3.63) is 65.4 Å². The lowest BCUT2D eigenvalue weighted by Crippen LogP contribution is -2.37. The van der Waals surface area contributed by atoms with E-state index in [1.807, 2.05) is 23.6 Å². The average molecular weight is 362 g/mol. The van der Waals surface area contributed by atoms with Gasteiger partial charge in [-0.1, -0.05) is 18.2 Å². The summed E-state index contributed by atoms with van der Waals surface area (Å²) in [5, 5.41) is 6.48. The van der Waals surface area contributed by atoms with Gasteiger partial charge in [0.15, 0.2) is 0 Å². The van der Waals surface area contributed by atoms with Crippen LogP contribution in [0.3, 0.4) is 0 Å². The number of nitrogens with two attached hydrogens (primary N) is 1. The fourth-order valence-electron chi connectivity index (χ4n) is 3.44. The van der Waals surface area contributed by atoms with E-state index in [2.05, 4.69) is 10.6 Å². The summed E-state index contributed by atoms with van der Waals surface area (Å²) < 4.78 is 1.95. The maximum atomic E-state index is 12.7. The smallest absolute Gasteiger partial charge is 0.268 e. The van der Waals surface area contributed by atoms with Gasteiger partial charge in [0.25, 0.3) is 17.7 Å². The van der Waals surface area contributed by atoms with Crippen LogP contribution in [0.4, 0.5) is 5.69 Å². The number of aromatic nitrogens is 1. The van der Waals surface area contributed by atoms with Crippen LogP contribution < -0.4 is 16.4 Å². The Kier molecular flexibility index (Phi) is 3.92. The minimum Gasteiger partial charge on any atom is -0.366 e. The Hall–Kier alpha value is -3.61. The predicted octanol–water partition coefficient (Wildman–Crippen LogP) is 2.30. The molecule has 1 aliphatic rings. The van der Waals surface area contributed by atoms with Gasteiger partial charge in [-0.15, -0.1) is 0 Å². The molecule has 0 aliphatic carbocycles. The minimum absolute atomic E-state index is 0.0871. The fraction of sp³-hybridized carbons (Fsp3) is 0.150. The molecule has 1 atom stereocenters. The number of anilines is 1. The molecule has 0 radical (unpaired) electrons. The first-order valence-corrected chi connectivity index (χ1v) is 8.59. The summed E-state index contributed by atoms with van der Waals surface area (Å²) in [5.41, 5.74) is 7.81. The summed E-state index contributed by atoms with van der Waals surface area (Å²) in [6.45, 7) is 2.55. The second kappa shape index (κ2) is 6.28. The van der Waals surface area contributed by atoms with Gasteiger partial charge < -0.3 is 20.9 Å². The first-order valence-electron chi connectivity index (χ1n) is 8.59. The second-order valence-electron chi connectivity index (χ2n) is 6.60. The highest BCUT2D eigenvalue weighted by Crippen LogP contribution is 2.28. The SMILES string of the molecule is CC1CNC(=O)c2cc3ccc(C(=O)Nc4ccccc4C(N)=O)cc3n21. The van der Waals surface area contributed by atoms with Crippen LogP contribution in [0.25, 0.3) is 10.9 Å². The van der Waals surface area contributed by atoms with E-state index in [9.17, 15) is 14.4 Å². The number of fused-ring (bicyclic) bond motifs is 3. The zero-order valence-corrected chi connectivity index (χ0v) is 14.7. The van der Waals surface area contributed by atoms with Crippen molar-refractivity contribution in [2.24, 2.45) is 5.73 Å². The number of rotatable bonds is 3. The van der Waals surface area contributed by atoms with Gasteiger partial charge >= 0.3 is 0 Å². The van der Waals surface area contributed by atoms with Crippen molar-refractivity contribution in [3.8, 4) is 0 Å². The Labute approximate surface area is 155 Å². The lowest BCUT2D eigenvalue weighted by atomic mass is 10.1. The van der Waals surface area contributed by atoms with Crippen LogP contribution in [0.15, 0.2) is 48.5 Å². The number of primary amides is 1. The van der Waals surface area contributed by atoms with Gasteiger partial charge in [-0.2, -0.15) is 0 Å². The van der Waals surface area contributed by atoms with E-state index in [1.165, 1.54) is 0 Å². The normalized spacial score (nSPS) is 15.9. The fourth-order valence-corrected chi connectivity index (χ4v) is 3.44. The van der Waals surface area contributed by atoms with E-state index in [4.69, 9.17) is 5.73 Å². The molecule has 136 valence electrons. The topological polar surface area (TPSA) is 106 Å². The first kappa shape index (κ1) is 16.8. The summed E-state index contributed by atoms with van der Waals surface area (Å²) in [4.78, 5) is 36.4. The van der Waals surface area contributed by atoms with Crippen molar-refractivity contribution >= 4 is 34.3 Å². The first-order chi connectivity index (χ1) is 13.0. The molecule has 7 heteroatoms. The van der Waals surface area contributed by atoms with Crippen molar-refractivity contribution in [2.45, 2.75) is 13.0 Å². The summed E-state index contributed by atoms with van der Waals surface area (Å²) in [6, 6.07) is 13.8. The number of benzene rings is 2. The molecule has 7 nitrogen and oxygen atoms in total. The number of carbonyl (C=O) groups is 3. The largest absolute Gasteiger partial charge is 0.366 e. The maximum Gasteiger partial charge on any atom is 0.268 e. The lowest BCUT2D eigenvalue weighted by molar-refractivity contribution is 0.0918. The minimum atomic E-state index is -0.609. The summed E-state index contributed by atoms with van der Waals surface area (Å²) >= 11 is 0. The van der Waals surface area contributed by atoms with Gasteiger partial charge in [0.1, 0.15) is 5.69 Å². The van der Waals surface area contributed by atoms with Crippen molar-refractivity contribution in [1.29, 1.82) is 0 Å². The molecule has 1 aliphatic heterocycles. The van der Waals surface area contributed by atoms with Crippen LogP contribution in [-0.2, 0) is 0 Å². The third-order valence-corrected chi connectivity index (χ3v) is 4.78. The Balaban J connectivity index is 1.73. The molecule has 4 rings (SSSR count).